The number of rotatable bonds is 1. The van der Waals surface area contributed by atoms with Gasteiger partial charge in [-0.3, -0.25) is 0 Å². The van der Waals surface area contributed by atoms with Gasteiger partial charge in [0.1, 0.15) is 29.1 Å². The Hall–Kier alpha value is -4.06. The minimum atomic E-state index is -0.731. The molecule has 1 N–H and O–H groups in total. The first-order valence-corrected chi connectivity index (χ1v) is 10.6. The van der Waals surface area contributed by atoms with E-state index in [1.165, 1.54) is 6.07 Å². The van der Waals surface area contributed by atoms with Gasteiger partial charge in [-0.2, -0.15) is 5.26 Å². The number of hydrogen-bond acceptors (Lipinski definition) is 3. The molecule has 2 heterocycles. The highest BCUT2D eigenvalue weighted by atomic mass is 35.5. The Morgan fingerprint density at radius 2 is 1.82 bits per heavy atom. The number of fused-ring (bicyclic) bond motifs is 3. The van der Waals surface area contributed by atoms with Crippen LogP contribution in [0.5, 0.6) is 5.75 Å². The van der Waals surface area contributed by atoms with E-state index in [1.54, 1.807) is 18.2 Å². The Labute approximate surface area is 195 Å². The molecule has 33 heavy (non-hydrogen) atoms. The number of H-pyrrole nitrogens is 1. The molecule has 1 aromatic heterocycles. The molecule has 0 bridgehead atoms. The molecule has 1 aliphatic heterocycles. The normalized spacial score (nSPS) is 13.1. The molecule has 4 nitrogen and oxygen atoms in total. The molecule has 0 saturated carbocycles. The third-order valence-corrected chi connectivity index (χ3v) is 5.81. The summed E-state index contributed by atoms with van der Waals surface area (Å²) in [4.78, 5) is 7.91. The van der Waals surface area contributed by atoms with Crippen molar-refractivity contribution in [3.8, 4) is 46.3 Å². The summed E-state index contributed by atoms with van der Waals surface area (Å²) in [5.74, 6) is 6.70. The summed E-state index contributed by atoms with van der Waals surface area (Å²) in [6.07, 6.45) is 0. The smallest absolute Gasteiger partial charge is 0.145 e. The lowest BCUT2D eigenvalue weighted by atomic mass is 9.94. The second kappa shape index (κ2) is 7.81. The first-order chi connectivity index (χ1) is 15.9. The molecule has 6 heteroatoms. The molecule has 0 atom stereocenters. The fourth-order valence-corrected chi connectivity index (χ4v) is 4.13. The number of hydrogen-bond donors (Lipinski definition) is 1. The molecular weight excluding hydrogens is 437 g/mol. The van der Waals surface area contributed by atoms with Crippen molar-refractivity contribution in [3.05, 3.63) is 93.9 Å². The van der Waals surface area contributed by atoms with Crippen LogP contribution in [0.2, 0.25) is 5.02 Å². The number of aromatic nitrogens is 2. The lowest BCUT2D eigenvalue weighted by molar-refractivity contribution is 0.101. The van der Waals surface area contributed by atoms with E-state index < -0.39 is 11.4 Å². The minimum Gasteiger partial charge on any atom is -0.481 e. The Morgan fingerprint density at radius 3 is 2.58 bits per heavy atom. The molecule has 160 valence electrons. The van der Waals surface area contributed by atoms with Crippen LogP contribution in [0.4, 0.5) is 4.39 Å². The molecule has 0 saturated heterocycles. The molecule has 0 amide bonds. The molecule has 1 aliphatic rings. The van der Waals surface area contributed by atoms with E-state index in [-0.39, 0.29) is 10.6 Å². The average Bonchev–Trinajstić information content (AvgIpc) is 3.24. The molecule has 0 radical (unpaired) electrons. The van der Waals surface area contributed by atoms with Gasteiger partial charge in [-0.25, -0.2) is 9.37 Å². The third kappa shape index (κ3) is 3.63. The molecule has 5 rings (SSSR count). The van der Waals surface area contributed by atoms with Crippen molar-refractivity contribution in [2.24, 2.45) is 0 Å². The van der Waals surface area contributed by atoms with Crippen molar-refractivity contribution in [1.82, 2.24) is 9.97 Å². The van der Waals surface area contributed by atoms with E-state index >= 15 is 0 Å². The minimum absolute atomic E-state index is 0.226. The van der Waals surface area contributed by atoms with Crippen LogP contribution in [0.25, 0.3) is 22.6 Å². The van der Waals surface area contributed by atoms with Crippen LogP contribution in [0.15, 0.2) is 60.7 Å². The standard InChI is InChI=1S/C27H17ClFN3O/c1-27(2)25-24(31-26(32-25)23-20(28)8-5-9-21(23)29)19-13-11-16(14-22(19)33-27)10-12-17-6-3-4-7-18(17)15-30/h3-9,11,13-14H,1-2H3,(H,31,32). The Morgan fingerprint density at radius 1 is 1.03 bits per heavy atom. The average molecular weight is 454 g/mol. The summed E-state index contributed by atoms with van der Waals surface area (Å²) >= 11 is 6.26. The Kier molecular flexibility index (Phi) is 4.93. The van der Waals surface area contributed by atoms with Gasteiger partial charge in [-0.15, -0.1) is 0 Å². The number of nitrogens with one attached hydrogen (secondary N) is 1. The maximum absolute atomic E-state index is 14.5. The summed E-state index contributed by atoms with van der Waals surface area (Å²) in [6.45, 7) is 3.84. The zero-order valence-corrected chi connectivity index (χ0v) is 18.6. The molecule has 0 aliphatic carbocycles. The predicted molar refractivity (Wildman–Crippen MR) is 125 cm³/mol. The van der Waals surface area contributed by atoms with Gasteiger partial charge in [0, 0.05) is 16.7 Å². The lowest BCUT2D eigenvalue weighted by Crippen LogP contribution is -2.29. The second-order valence-electron chi connectivity index (χ2n) is 8.14. The summed E-state index contributed by atoms with van der Waals surface area (Å²) in [5.41, 5.74) is 3.64. The highest BCUT2D eigenvalue weighted by Crippen LogP contribution is 2.45. The van der Waals surface area contributed by atoms with Gasteiger partial charge < -0.3 is 9.72 Å². The van der Waals surface area contributed by atoms with Crippen LogP contribution < -0.4 is 4.74 Å². The van der Waals surface area contributed by atoms with Crippen molar-refractivity contribution in [3.63, 3.8) is 0 Å². The molecular formula is C27H17ClFN3O. The first kappa shape index (κ1) is 20.8. The summed E-state index contributed by atoms with van der Waals surface area (Å²) in [5, 5.41) is 9.54. The Balaban J connectivity index is 1.59. The number of imidazole rings is 1. The van der Waals surface area contributed by atoms with Gasteiger partial charge in [0.2, 0.25) is 0 Å². The number of halogens is 2. The van der Waals surface area contributed by atoms with E-state index in [4.69, 9.17) is 21.3 Å². The van der Waals surface area contributed by atoms with Gasteiger partial charge in [-0.05, 0) is 56.3 Å². The highest BCUT2D eigenvalue weighted by Gasteiger charge is 2.36. The maximum atomic E-state index is 14.5. The lowest BCUT2D eigenvalue weighted by Gasteiger charge is -2.31. The van der Waals surface area contributed by atoms with Crippen molar-refractivity contribution in [1.29, 1.82) is 5.26 Å². The summed E-state index contributed by atoms with van der Waals surface area (Å²) in [7, 11) is 0. The van der Waals surface area contributed by atoms with E-state index in [0.29, 0.717) is 28.4 Å². The molecule has 3 aromatic carbocycles. The zero-order chi connectivity index (χ0) is 23.2. The van der Waals surface area contributed by atoms with E-state index in [1.807, 2.05) is 50.2 Å². The molecule has 0 spiro atoms. The number of ether oxygens (including phenoxy) is 1. The first-order valence-electron chi connectivity index (χ1n) is 10.3. The van der Waals surface area contributed by atoms with Crippen molar-refractivity contribution in [2.45, 2.75) is 19.4 Å². The van der Waals surface area contributed by atoms with E-state index in [0.717, 1.165) is 16.8 Å². The van der Waals surface area contributed by atoms with Gasteiger partial charge >= 0.3 is 0 Å². The molecule has 0 fully saturated rings. The fourth-order valence-electron chi connectivity index (χ4n) is 3.88. The molecule has 4 aromatic rings. The van der Waals surface area contributed by atoms with Crippen LogP contribution >= 0.6 is 11.6 Å². The van der Waals surface area contributed by atoms with Gasteiger partial charge in [0.25, 0.3) is 0 Å². The van der Waals surface area contributed by atoms with Crippen LogP contribution in [-0.2, 0) is 5.60 Å². The van der Waals surface area contributed by atoms with E-state index in [2.05, 4.69) is 22.9 Å². The summed E-state index contributed by atoms with van der Waals surface area (Å²) in [6, 6.07) is 19.5. The maximum Gasteiger partial charge on any atom is 0.145 e. The fraction of sp³-hybridized carbons (Fsp3) is 0.111. The summed E-state index contributed by atoms with van der Waals surface area (Å²) < 4.78 is 20.8. The number of nitrogens with zero attached hydrogens (tertiary/aromatic N) is 2. The van der Waals surface area contributed by atoms with Gasteiger partial charge in [0.15, 0.2) is 0 Å². The largest absolute Gasteiger partial charge is 0.481 e. The predicted octanol–water partition coefficient (Wildman–Crippen LogP) is 6.44. The number of nitriles is 1. The van der Waals surface area contributed by atoms with E-state index in [9.17, 15) is 9.65 Å². The quantitative estimate of drug-likeness (QED) is 0.337. The second-order valence-corrected chi connectivity index (χ2v) is 8.54. The van der Waals surface area contributed by atoms with Crippen molar-refractivity contribution < 1.29 is 9.13 Å². The van der Waals surface area contributed by atoms with Crippen LogP contribution in [0, 0.1) is 29.0 Å². The Bertz CT molecular complexity index is 1500. The van der Waals surface area contributed by atoms with Gasteiger partial charge in [0.05, 0.1) is 27.5 Å². The highest BCUT2D eigenvalue weighted by molar-refractivity contribution is 6.33. The van der Waals surface area contributed by atoms with Crippen LogP contribution in [0.3, 0.4) is 0 Å². The SMILES string of the molecule is CC1(C)Oc2cc(C#Cc3ccccc3C#N)ccc2-c2nc(-c3c(F)cccc3Cl)[nH]c21. The van der Waals surface area contributed by atoms with Crippen molar-refractivity contribution in [2.75, 3.05) is 0 Å². The number of aromatic amines is 1. The number of benzene rings is 3. The van der Waals surface area contributed by atoms with Crippen LogP contribution in [-0.4, -0.2) is 9.97 Å². The monoisotopic (exact) mass is 453 g/mol. The zero-order valence-electron chi connectivity index (χ0n) is 17.8. The van der Waals surface area contributed by atoms with Crippen LogP contribution in [0.1, 0.15) is 36.2 Å². The topological polar surface area (TPSA) is 61.7 Å². The molecule has 0 unspecified atom stereocenters. The van der Waals surface area contributed by atoms with Gasteiger partial charge in [-0.1, -0.05) is 41.6 Å². The van der Waals surface area contributed by atoms with Crippen molar-refractivity contribution >= 4 is 11.6 Å². The third-order valence-electron chi connectivity index (χ3n) is 5.50.